The average Bonchev–Trinajstić information content (AvgIpc) is 3.36. The standard InChI is InChI=1S/C37H26BN/c1-4-12-30-23-33(17-16-27(30)9-1)37-26-36-15-7-8-22-39(36)38(37,34-20-18-28-10-2-5-13-31(28)24-34)35-21-19-29-11-3-6-14-32(29)25-35/h1-26H. The van der Waals surface area contributed by atoms with Crippen LogP contribution in [0.3, 0.4) is 0 Å². The Hall–Kier alpha value is -4.95. The summed E-state index contributed by atoms with van der Waals surface area (Å²) in [6, 6.07) is 53.6. The van der Waals surface area contributed by atoms with Crippen LogP contribution in [0.15, 0.2) is 152 Å². The van der Waals surface area contributed by atoms with E-state index in [9.17, 15) is 0 Å². The zero-order chi connectivity index (χ0) is 25.8. The summed E-state index contributed by atoms with van der Waals surface area (Å²) < 4.78 is 2.53. The molecule has 8 rings (SSSR count). The van der Waals surface area contributed by atoms with Crippen LogP contribution in [0, 0.1) is 0 Å². The molecule has 0 saturated heterocycles. The monoisotopic (exact) mass is 495 g/mol. The highest BCUT2D eigenvalue weighted by atomic mass is 14.9. The third-order valence-electron chi connectivity index (χ3n) is 8.69. The van der Waals surface area contributed by atoms with E-state index in [1.54, 1.807) is 0 Å². The van der Waals surface area contributed by atoms with E-state index in [-0.39, 0.29) is 0 Å². The molecular weight excluding hydrogens is 469 g/mol. The Labute approximate surface area is 228 Å². The normalized spacial score (nSPS) is 14.0. The fraction of sp³-hybridized carbons (Fsp3) is 0. The van der Waals surface area contributed by atoms with Gasteiger partial charge < -0.3 is 4.48 Å². The largest absolute Gasteiger partial charge is 0.409 e. The Morgan fingerprint density at radius 3 is 1.49 bits per heavy atom. The second kappa shape index (κ2) is 8.54. The van der Waals surface area contributed by atoms with Crippen LogP contribution in [-0.4, -0.2) is 6.28 Å². The van der Waals surface area contributed by atoms with Crippen molar-refractivity contribution in [2.45, 2.75) is 0 Å². The fourth-order valence-corrected chi connectivity index (χ4v) is 6.88. The van der Waals surface area contributed by atoms with E-state index in [0.717, 1.165) is 0 Å². The van der Waals surface area contributed by atoms with Gasteiger partial charge in [-0.3, -0.25) is 0 Å². The van der Waals surface area contributed by atoms with Gasteiger partial charge in [0.1, 0.15) is 11.9 Å². The first-order chi connectivity index (χ1) is 19.3. The van der Waals surface area contributed by atoms with Crippen molar-refractivity contribution in [3.63, 3.8) is 0 Å². The van der Waals surface area contributed by atoms with Crippen molar-refractivity contribution in [1.82, 2.24) is 0 Å². The molecule has 1 aromatic heterocycles. The Morgan fingerprint density at radius 2 is 0.897 bits per heavy atom. The maximum atomic E-state index is 2.53. The maximum absolute atomic E-state index is 2.53. The lowest BCUT2D eigenvalue weighted by Gasteiger charge is -2.36. The first-order valence-corrected chi connectivity index (χ1v) is 13.7. The summed E-state index contributed by atoms with van der Waals surface area (Å²) in [6.07, 6.45) is 3.16. The smallest absolute Gasteiger partial charge is 0.361 e. The SMILES string of the molecule is C1=C(c2ccc3ccccc3c2)[B-](c2ccc3ccccc3c2)(c2ccc3ccccc3c2)[n+]2ccccc21. The van der Waals surface area contributed by atoms with Crippen LogP contribution in [0.1, 0.15) is 11.3 Å². The maximum Gasteiger partial charge on any atom is 0.361 e. The van der Waals surface area contributed by atoms with Crippen LogP contribution in [0.4, 0.5) is 0 Å². The third-order valence-corrected chi connectivity index (χ3v) is 8.69. The number of rotatable bonds is 3. The van der Waals surface area contributed by atoms with Gasteiger partial charge in [-0.25, -0.2) is 0 Å². The van der Waals surface area contributed by atoms with Gasteiger partial charge in [0.2, 0.25) is 0 Å². The van der Waals surface area contributed by atoms with Crippen LogP contribution < -0.4 is 15.4 Å². The molecule has 39 heavy (non-hydrogen) atoms. The quantitative estimate of drug-likeness (QED) is 0.230. The second-order valence-corrected chi connectivity index (χ2v) is 10.7. The van der Waals surface area contributed by atoms with Gasteiger partial charge in [0.15, 0.2) is 0 Å². The van der Waals surface area contributed by atoms with E-state index in [1.807, 2.05) is 0 Å². The van der Waals surface area contributed by atoms with Gasteiger partial charge in [0, 0.05) is 6.07 Å². The van der Waals surface area contributed by atoms with Crippen molar-refractivity contribution in [2.24, 2.45) is 0 Å². The number of benzene rings is 6. The van der Waals surface area contributed by atoms with Gasteiger partial charge in [0.05, 0.1) is 0 Å². The summed E-state index contributed by atoms with van der Waals surface area (Å²) in [5.41, 5.74) is 6.47. The summed E-state index contributed by atoms with van der Waals surface area (Å²) in [5.74, 6) is 0. The van der Waals surface area contributed by atoms with Crippen LogP contribution in [0.25, 0.3) is 43.9 Å². The topological polar surface area (TPSA) is 3.88 Å². The van der Waals surface area contributed by atoms with Crippen molar-refractivity contribution < 1.29 is 4.48 Å². The molecule has 1 aliphatic heterocycles. The molecule has 7 aromatic rings. The fourth-order valence-electron chi connectivity index (χ4n) is 6.88. The Balaban J connectivity index is 1.50. The van der Waals surface area contributed by atoms with Gasteiger partial charge in [-0.05, 0) is 50.5 Å². The van der Waals surface area contributed by atoms with Gasteiger partial charge in [-0.15, -0.1) is 16.4 Å². The molecule has 6 aromatic carbocycles. The molecule has 0 aliphatic carbocycles. The van der Waals surface area contributed by atoms with Crippen molar-refractivity contribution in [3.8, 4) is 0 Å². The Bertz CT molecular complexity index is 2010. The van der Waals surface area contributed by atoms with E-state index in [0.29, 0.717) is 0 Å². The molecule has 1 aliphatic rings. The number of pyridine rings is 1. The number of nitrogens with zero attached hydrogens (tertiary/aromatic N) is 1. The highest BCUT2D eigenvalue weighted by molar-refractivity contribution is 7.10. The molecule has 0 unspecified atom stereocenters. The van der Waals surface area contributed by atoms with Gasteiger partial charge in [-0.2, -0.15) is 0 Å². The third kappa shape index (κ3) is 3.32. The summed E-state index contributed by atoms with van der Waals surface area (Å²) >= 11 is 0. The summed E-state index contributed by atoms with van der Waals surface area (Å²) in [6.45, 7) is 0. The molecule has 2 heterocycles. The number of aromatic nitrogens is 1. The number of hydrogen-bond acceptors (Lipinski definition) is 0. The minimum atomic E-state index is -1.52. The highest BCUT2D eigenvalue weighted by Gasteiger charge is 2.48. The molecule has 0 spiro atoms. The van der Waals surface area contributed by atoms with Crippen LogP contribution in [0.2, 0.25) is 0 Å². The molecule has 0 N–H and O–H groups in total. The van der Waals surface area contributed by atoms with Crippen molar-refractivity contribution in [3.05, 3.63) is 163 Å². The highest BCUT2D eigenvalue weighted by Crippen LogP contribution is 2.34. The first kappa shape index (κ1) is 22.1. The predicted molar refractivity (Wildman–Crippen MR) is 167 cm³/mol. The van der Waals surface area contributed by atoms with Gasteiger partial charge >= 0.3 is 6.28 Å². The summed E-state index contributed by atoms with van der Waals surface area (Å²) in [5, 5.41) is 7.58. The first-order valence-electron chi connectivity index (χ1n) is 13.7. The second-order valence-electron chi connectivity index (χ2n) is 10.7. The molecule has 182 valence electrons. The lowest BCUT2D eigenvalue weighted by Crippen LogP contribution is -2.78. The molecule has 0 saturated carbocycles. The molecule has 1 nitrogen and oxygen atoms in total. The van der Waals surface area contributed by atoms with Crippen LogP contribution in [-0.2, 0) is 0 Å². The minimum Gasteiger partial charge on any atom is -0.409 e. The average molecular weight is 495 g/mol. The van der Waals surface area contributed by atoms with Crippen molar-refractivity contribution in [1.29, 1.82) is 0 Å². The van der Waals surface area contributed by atoms with E-state index in [2.05, 4.69) is 162 Å². The van der Waals surface area contributed by atoms with Gasteiger partial charge in [0.25, 0.3) is 0 Å². The lowest BCUT2D eigenvalue weighted by molar-refractivity contribution is -0.538. The molecule has 0 atom stereocenters. The molecule has 0 amide bonds. The molecular formula is C37H26BN. The zero-order valence-electron chi connectivity index (χ0n) is 21.5. The summed E-state index contributed by atoms with van der Waals surface area (Å²) in [7, 11) is 0. The van der Waals surface area contributed by atoms with E-state index >= 15 is 0 Å². The van der Waals surface area contributed by atoms with Crippen LogP contribution in [0.5, 0.6) is 0 Å². The van der Waals surface area contributed by atoms with E-state index in [4.69, 9.17) is 0 Å². The number of fused-ring (bicyclic) bond motifs is 4. The number of hydrogen-bond donors (Lipinski definition) is 0. The minimum absolute atomic E-state index is 1.22. The van der Waals surface area contributed by atoms with Crippen LogP contribution >= 0.6 is 0 Å². The predicted octanol–water partition coefficient (Wildman–Crippen LogP) is 7.14. The molecule has 2 heteroatoms. The van der Waals surface area contributed by atoms with Gasteiger partial charge in [-0.1, -0.05) is 133 Å². The van der Waals surface area contributed by atoms with E-state index in [1.165, 1.54) is 60.0 Å². The molecule has 0 bridgehead atoms. The van der Waals surface area contributed by atoms with Crippen molar-refractivity contribution in [2.75, 3.05) is 0 Å². The Kier molecular flexibility index (Phi) is 4.84. The zero-order valence-corrected chi connectivity index (χ0v) is 21.5. The van der Waals surface area contributed by atoms with E-state index < -0.39 is 6.28 Å². The summed E-state index contributed by atoms with van der Waals surface area (Å²) in [4.78, 5) is 0. The molecule has 0 fully saturated rings. The Morgan fingerprint density at radius 1 is 0.410 bits per heavy atom. The lowest BCUT2D eigenvalue weighted by atomic mass is 9.23. The van der Waals surface area contributed by atoms with Crippen molar-refractivity contribution >= 4 is 61.1 Å². The molecule has 0 radical (unpaired) electrons.